The summed E-state index contributed by atoms with van der Waals surface area (Å²) in [7, 11) is 0. The first kappa shape index (κ1) is 10.0. The van der Waals surface area contributed by atoms with E-state index in [0.717, 1.165) is 0 Å². The molecule has 0 aliphatic rings. The molecule has 6 nitrogen and oxygen atoms in total. The highest BCUT2D eigenvalue weighted by Gasteiger charge is 2.09. The van der Waals surface area contributed by atoms with E-state index in [4.69, 9.17) is 10.4 Å². The minimum Gasteiger partial charge on any atom is -0.410 e. The summed E-state index contributed by atoms with van der Waals surface area (Å²) in [4.78, 5) is 23.5. The number of hydrogen-bond donors (Lipinski definition) is 2. The van der Waals surface area contributed by atoms with E-state index in [-0.39, 0.29) is 10.8 Å². The van der Waals surface area contributed by atoms with Gasteiger partial charge in [-0.15, -0.1) is 0 Å². The highest BCUT2D eigenvalue weighted by atomic mass is 16.4. The Kier molecular flexibility index (Phi) is 2.24. The second kappa shape index (κ2) is 3.58. The number of hydrogen-bond acceptors (Lipinski definition) is 6. The van der Waals surface area contributed by atoms with Crippen LogP contribution in [0.2, 0.25) is 0 Å². The van der Waals surface area contributed by atoms with Crippen molar-refractivity contribution >= 4 is 10.8 Å². The Hall–Kier alpha value is -2.50. The van der Waals surface area contributed by atoms with E-state index in [1.165, 1.54) is 12.1 Å². The average Bonchev–Trinajstić information content (AvgIpc) is 2.33. The van der Waals surface area contributed by atoms with Crippen LogP contribution < -0.4 is 21.6 Å². The fourth-order valence-corrected chi connectivity index (χ4v) is 1.53. The van der Waals surface area contributed by atoms with Crippen molar-refractivity contribution in [1.29, 1.82) is 0 Å². The molecule has 0 fully saturated rings. The van der Waals surface area contributed by atoms with Crippen molar-refractivity contribution in [2.24, 2.45) is 10.3 Å². The molecule has 0 aliphatic heterocycles. The maximum absolute atomic E-state index is 11.7. The van der Waals surface area contributed by atoms with Crippen LogP contribution in [0.4, 0.5) is 0 Å². The van der Waals surface area contributed by atoms with Gasteiger partial charge in [0.05, 0.1) is 0 Å². The van der Waals surface area contributed by atoms with Crippen molar-refractivity contribution in [2.45, 2.75) is 0 Å². The van der Waals surface area contributed by atoms with Crippen molar-refractivity contribution in [3.8, 4) is 0 Å². The van der Waals surface area contributed by atoms with Crippen molar-refractivity contribution in [2.75, 3.05) is 0 Å². The van der Waals surface area contributed by atoms with E-state index in [0.29, 0.717) is 0 Å². The highest BCUT2D eigenvalue weighted by Crippen LogP contribution is 2.00. The minimum atomic E-state index is -0.648. The van der Waals surface area contributed by atoms with Gasteiger partial charge in [-0.3, -0.25) is 9.59 Å². The lowest BCUT2D eigenvalue weighted by Gasteiger charge is -1.93. The van der Waals surface area contributed by atoms with Crippen LogP contribution >= 0.6 is 0 Å². The minimum absolute atomic E-state index is 0.132. The Morgan fingerprint density at radius 1 is 0.812 bits per heavy atom. The molecule has 0 amide bonds. The Bertz CT molecular complexity index is 703. The SMILES string of the molecule is O=c1c(=N/O)/c(=N\O)c(=O)c2ccccc12. The van der Waals surface area contributed by atoms with Crippen molar-refractivity contribution in [3.05, 3.63) is 55.4 Å². The van der Waals surface area contributed by atoms with Gasteiger partial charge in [0.2, 0.25) is 10.9 Å². The van der Waals surface area contributed by atoms with Gasteiger partial charge in [0.1, 0.15) is 0 Å². The molecule has 80 valence electrons. The average molecular weight is 218 g/mol. The molecule has 16 heavy (non-hydrogen) atoms. The molecular weight excluding hydrogens is 212 g/mol. The number of nitrogens with zero attached hydrogens (tertiary/aromatic N) is 2. The topological polar surface area (TPSA) is 99.3 Å². The molecule has 2 aromatic rings. The van der Waals surface area contributed by atoms with Gasteiger partial charge in [0, 0.05) is 10.8 Å². The normalized spacial score (nSPS) is 13.5. The zero-order chi connectivity index (χ0) is 11.7. The summed E-state index contributed by atoms with van der Waals surface area (Å²) >= 11 is 0. The first-order chi connectivity index (χ1) is 7.70. The lowest BCUT2D eigenvalue weighted by atomic mass is 10.1. The molecule has 0 radical (unpaired) electrons. The third-order valence-corrected chi connectivity index (χ3v) is 2.27. The van der Waals surface area contributed by atoms with Crippen molar-refractivity contribution < 1.29 is 10.4 Å². The Morgan fingerprint density at radius 2 is 1.19 bits per heavy atom. The maximum Gasteiger partial charge on any atom is 0.218 e. The maximum atomic E-state index is 11.7. The molecule has 2 aromatic carbocycles. The van der Waals surface area contributed by atoms with Crippen LogP contribution in [-0.4, -0.2) is 10.4 Å². The zero-order valence-electron chi connectivity index (χ0n) is 7.91. The molecule has 0 aliphatic carbocycles. The Morgan fingerprint density at radius 3 is 1.50 bits per heavy atom. The van der Waals surface area contributed by atoms with Crippen LogP contribution in [0.15, 0.2) is 44.2 Å². The van der Waals surface area contributed by atoms with Crippen LogP contribution in [0.1, 0.15) is 0 Å². The summed E-state index contributed by atoms with van der Waals surface area (Å²) in [5.74, 6) is 0. The summed E-state index contributed by atoms with van der Waals surface area (Å²) in [5, 5.41) is 21.8. The molecule has 0 saturated carbocycles. The van der Waals surface area contributed by atoms with Gasteiger partial charge in [-0.05, 0) is 0 Å². The molecule has 0 atom stereocenters. The molecule has 0 saturated heterocycles. The van der Waals surface area contributed by atoms with Gasteiger partial charge >= 0.3 is 0 Å². The smallest absolute Gasteiger partial charge is 0.218 e. The summed E-state index contributed by atoms with van der Waals surface area (Å²) in [5.41, 5.74) is -1.30. The van der Waals surface area contributed by atoms with E-state index >= 15 is 0 Å². The highest BCUT2D eigenvalue weighted by molar-refractivity contribution is 5.81. The summed E-state index contributed by atoms with van der Waals surface area (Å²) < 4.78 is 0. The van der Waals surface area contributed by atoms with Crippen LogP contribution in [0, 0.1) is 0 Å². The van der Waals surface area contributed by atoms with E-state index in [2.05, 4.69) is 10.3 Å². The van der Waals surface area contributed by atoms with Crippen molar-refractivity contribution in [3.63, 3.8) is 0 Å². The number of benzene rings is 2. The molecule has 0 aromatic heterocycles. The summed E-state index contributed by atoms with van der Waals surface area (Å²) in [6, 6.07) is 6.05. The van der Waals surface area contributed by atoms with E-state index in [1.54, 1.807) is 12.1 Å². The van der Waals surface area contributed by atoms with Gasteiger partial charge in [0.15, 0.2) is 10.7 Å². The molecular formula is C10H6N2O4. The Balaban J connectivity index is 3.35. The lowest BCUT2D eigenvalue weighted by Crippen LogP contribution is -2.48. The fourth-order valence-electron chi connectivity index (χ4n) is 1.53. The van der Waals surface area contributed by atoms with E-state index in [1.807, 2.05) is 0 Å². The fraction of sp³-hybridized carbons (Fsp3) is 0. The third-order valence-electron chi connectivity index (χ3n) is 2.27. The molecule has 2 rings (SSSR count). The molecule has 6 heteroatoms. The predicted molar refractivity (Wildman–Crippen MR) is 53.6 cm³/mol. The standard InChI is InChI=1S/C10H6N2O4/c13-9-5-3-1-2-4-6(5)10(14)8(12-16)7(9)11-15/h1-4,15-16H/b11-7+,12-8+. The summed E-state index contributed by atoms with van der Waals surface area (Å²) in [6.07, 6.45) is 0. The molecule has 0 heterocycles. The summed E-state index contributed by atoms with van der Waals surface area (Å²) in [6.45, 7) is 0. The first-order valence-corrected chi connectivity index (χ1v) is 4.33. The van der Waals surface area contributed by atoms with Crippen LogP contribution in [0.3, 0.4) is 0 Å². The van der Waals surface area contributed by atoms with Crippen LogP contribution in [0.5, 0.6) is 0 Å². The van der Waals surface area contributed by atoms with Gasteiger partial charge in [-0.25, -0.2) is 0 Å². The molecule has 2 N–H and O–H groups in total. The lowest BCUT2D eigenvalue weighted by molar-refractivity contribution is 0.286. The van der Waals surface area contributed by atoms with Gasteiger partial charge in [0.25, 0.3) is 0 Å². The molecule has 0 spiro atoms. The molecule has 0 unspecified atom stereocenters. The van der Waals surface area contributed by atoms with Gasteiger partial charge < -0.3 is 10.4 Å². The predicted octanol–water partition coefficient (Wildman–Crippen LogP) is -0.984. The van der Waals surface area contributed by atoms with Crippen LogP contribution in [-0.2, 0) is 0 Å². The van der Waals surface area contributed by atoms with E-state index in [9.17, 15) is 9.59 Å². The van der Waals surface area contributed by atoms with Crippen molar-refractivity contribution in [1.82, 2.24) is 0 Å². The second-order valence-corrected chi connectivity index (χ2v) is 3.10. The quantitative estimate of drug-likeness (QED) is 0.438. The zero-order valence-corrected chi connectivity index (χ0v) is 7.91. The number of rotatable bonds is 0. The Labute approximate surface area is 87.7 Å². The van der Waals surface area contributed by atoms with E-state index < -0.39 is 21.6 Å². The molecule has 0 bridgehead atoms. The largest absolute Gasteiger partial charge is 0.410 e. The number of fused-ring (bicyclic) bond motifs is 1. The first-order valence-electron chi connectivity index (χ1n) is 4.33. The second-order valence-electron chi connectivity index (χ2n) is 3.10. The van der Waals surface area contributed by atoms with Crippen LogP contribution in [0.25, 0.3) is 10.8 Å². The monoisotopic (exact) mass is 218 g/mol. The van der Waals surface area contributed by atoms with Gasteiger partial charge in [-0.1, -0.05) is 34.6 Å². The van der Waals surface area contributed by atoms with Gasteiger partial charge in [-0.2, -0.15) is 0 Å². The third kappa shape index (κ3) is 1.20.